The van der Waals surface area contributed by atoms with Crippen LogP contribution in [0, 0.1) is 20.2 Å². The minimum absolute atomic E-state index is 0.210. The summed E-state index contributed by atoms with van der Waals surface area (Å²) in [5.41, 5.74) is 8.51. The SMILES string of the molecule is [N-]=[N+]=NC(CC1([N+](=O)[O-])N=CN=N1)c1nc([N+](=O)[O-])n[nH]1. The molecule has 0 fully saturated rings. The molecule has 0 saturated carbocycles. The number of azide groups is 1. The fourth-order valence-corrected chi connectivity index (χ4v) is 1.52. The van der Waals surface area contributed by atoms with E-state index in [9.17, 15) is 20.2 Å². The van der Waals surface area contributed by atoms with Gasteiger partial charge in [0.05, 0.1) is 11.3 Å². The van der Waals surface area contributed by atoms with Gasteiger partial charge in [-0.25, -0.2) is 0 Å². The number of hydrogen-bond acceptors (Lipinski definition) is 10. The first-order valence-electron chi connectivity index (χ1n) is 5.19. The van der Waals surface area contributed by atoms with E-state index in [2.05, 4.69) is 40.4 Å². The molecule has 2 rings (SSSR count). The summed E-state index contributed by atoms with van der Waals surface area (Å²) in [6, 6.07) is -1.25. The summed E-state index contributed by atoms with van der Waals surface area (Å²) in [4.78, 5) is 29.4. The van der Waals surface area contributed by atoms with Crippen molar-refractivity contribution in [3.63, 3.8) is 0 Å². The molecule has 1 aliphatic heterocycles. The highest BCUT2D eigenvalue weighted by atomic mass is 16.6. The predicted molar refractivity (Wildman–Crippen MR) is 62.6 cm³/mol. The lowest BCUT2D eigenvalue weighted by Gasteiger charge is -2.13. The van der Waals surface area contributed by atoms with Crippen LogP contribution in [0.15, 0.2) is 20.3 Å². The van der Waals surface area contributed by atoms with Crippen molar-refractivity contribution in [2.75, 3.05) is 0 Å². The molecule has 0 aliphatic carbocycles. The standard InChI is InChI=1S/C6H5N11O4/c7-15-11-3(4-10-5(13-12-4)16(18)19)1-6(17(20)21)8-2-9-14-6/h2-3H,1H2,(H,10,12,13). The highest BCUT2D eigenvalue weighted by molar-refractivity contribution is 5.56. The number of hydrogen-bond donors (Lipinski definition) is 1. The molecule has 1 N–H and O–H groups in total. The Kier molecular flexibility index (Phi) is 3.49. The van der Waals surface area contributed by atoms with Crippen molar-refractivity contribution in [1.82, 2.24) is 15.2 Å². The number of aromatic nitrogens is 3. The lowest BCUT2D eigenvalue weighted by molar-refractivity contribution is -0.568. The van der Waals surface area contributed by atoms with Crippen LogP contribution in [0.2, 0.25) is 0 Å². The van der Waals surface area contributed by atoms with Crippen molar-refractivity contribution in [1.29, 1.82) is 0 Å². The minimum atomic E-state index is -2.15. The zero-order valence-electron chi connectivity index (χ0n) is 9.97. The van der Waals surface area contributed by atoms with E-state index in [0.717, 1.165) is 6.34 Å². The molecule has 21 heavy (non-hydrogen) atoms. The van der Waals surface area contributed by atoms with Crippen LogP contribution in [0.1, 0.15) is 18.3 Å². The number of nitrogens with one attached hydrogen (secondary N) is 1. The maximum absolute atomic E-state index is 11.1. The van der Waals surface area contributed by atoms with Gasteiger partial charge in [-0.3, -0.25) is 10.1 Å². The molecule has 2 atom stereocenters. The average Bonchev–Trinajstić information content (AvgIpc) is 3.08. The van der Waals surface area contributed by atoms with Gasteiger partial charge in [0.25, 0.3) is 0 Å². The van der Waals surface area contributed by atoms with Gasteiger partial charge in [0.15, 0.2) is 0 Å². The topological polar surface area (TPSA) is 214 Å². The summed E-state index contributed by atoms with van der Waals surface area (Å²) >= 11 is 0. The first kappa shape index (κ1) is 13.9. The van der Waals surface area contributed by atoms with E-state index in [1.807, 2.05) is 0 Å². The maximum Gasteiger partial charge on any atom is 0.491 e. The fraction of sp³-hybridized carbons (Fsp3) is 0.500. The highest BCUT2D eigenvalue weighted by Gasteiger charge is 2.48. The molecule has 0 saturated heterocycles. The van der Waals surface area contributed by atoms with Crippen LogP contribution in [-0.2, 0) is 0 Å². The van der Waals surface area contributed by atoms with Gasteiger partial charge in [-0.1, -0.05) is 10.2 Å². The second-order valence-corrected chi connectivity index (χ2v) is 3.69. The molecular weight excluding hydrogens is 290 g/mol. The second-order valence-electron chi connectivity index (χ2n) is 3.69. The summed E-state index contributed by atoms with van der Waals surface area (Å²) in [5, 5.41) is 37.0. The van der Waals surface area contributed by atoms with Gasteiger partial charge < -0.3 is 10.1 Å². The van der Waals surface area contributed by atoms with Crippen molar-refractivity contribution >= 4 is 12.3 Å². The summed E-state index contributed by atoms with van der Waals surface area (Å²) < 4.78 is 0. The average molecular weight is 295 g/mol. The van der Waals surface area contributed by atoms with E-state index in [-0.39, 0.29) is 5.82 Å². The maximum atomic E-state index is 11.1. The quantitative estimate of drug-likeness (QED) is 0.264. The number of azo groups is 1. The van der Waals surface area contributed by atoms with Gasteiger partial charge in [0.1, 0.15) is 12.4 Å². The fourth-order valence-electron chi connectivity index (χ4n) is 1.52. The van der Waals surface area contributed by atoms with Crippen LogP contribution in [-0.4, -0.2) is 37.2 Å². The lowest BCUT2D eigenvalue weighted by Crippen LogP contribution is -2.34. The van der Waals surface area contributed by atoms with E-state index in [0.29, 0.717) is 0 Å². The molecule has 0 amide bonds. The number of aliphatic imine (C=N–C) groups is 1. The van der Waals surface area contributed by atoms with Gasteiger partial charge >= 0.3 is 11.7 Å². The molecule has 0 spiro atoms. The van der Waals surface area contributed by atoms with Crippen molar-refractivity contribution in [3.8, 4) is 0 Å². The van der Waals surface area contributed by atoms with Gasteiger partial charge in [-0.05, 0) is 15.4 Å². The third kappa shape index (κ3) is 2.61. The van der Waals surface area contributed by atoms with E-state index >= 15 is 0 Å². The summed E-state index contributed by atoms with van der Waals surface area (Å²) in [7, 11) is 0. The molecule has 0 radical (unpaired) electrons. The molecular formula is C6H5N11O4. The van der Waals surface area contributed by atoms with E-state index in [4.69, 9.17) is 5.53 Å². The van der Waals surface area contributed by atoms with E-state index < -0.39 is 34.0 Å². The number of nitro groups is 2. The minimum Gasteiger partial charge on any atom is -0.390 e. The van der Waals surface area contributed by atoms with Crippen LogP contribution in [0.4, 0.5) is 5.95 Å². The van der Waals surface area contributed by atoms with E-state index in [1.165, 1.54) is 0 Å². The van der Waals surface area contributed by atoms with E-state index in [1.54, 1.807) is 0 Å². The summed E-state index contributed by atoms with van der Waals surface area (Å²) in [5.74, 6) is -3.12. The molecule has 15 nitrogen and oxygen atoms in total. The normalized spacial score (nSPS) is 21.0. The Morgan fingerprint density at radius 3 is 2.76 bits per heavy atom. The Morgan fingerprint density at radius 2 is 2.29 bits per heavy atom. The molecule has 1 aromatic heterocycles. The third-order valence-electron chi connectivity index (χ3n) is 2.45. The zero-order chi connectivity index (χ0) is 15.5. The molecule has 2 unspecified atom stereocenters. The van der Waals surface area contributed by atoms with Gasteiger partial charge in [0, 0.05) is 10.0 Å². The van der Waals surface area contributed by atoms with Crippen molar-refractivity contribution < 1.29 is 9.85 Å². The van der Waals surface area contributed by atoms with Gasteiger partial charge in [0.2, 0.25) is 5.82 Å². The zero-order valence-corrected chi connectivity index (χ0v) is 9.97. The molecule has 15 heteroatoms. The number of aromatic amines is 1. The van der Waals surface area contributed by atoms with Gasteiger partial charge in [-0.2, -0.15) is 10.1 Å². The predicted octanol–water partition coefficient (Wildman–Crippen LogP) is 0.879. The molecule has 0 aromatic carbocycles. The van der Waals surface area contributed by atoms with Gasteiger partial charge in [-0.15, -0.1) is 5.11 Å². The Hall–Kier alpha value is -3.48. The first-order chi connectivity index (χ1) is 9.98. The third-order valence-corrected chi connectivity index (χ3v) is 2.45. The molecule has 1 aliphatic rings. The van der Waals surface area contributed by atoms with Crippen LogP contribution in [0.25, 0.3) is 10.4 Å². The van der Waals surface area contributed by atoms with Crippen LogP contribution < -0.4 is 0 Å². The lowest BCUT2D eigenvalue weighted by atomic mass is 10.1. The number of nitrogens with zero attached hydrogens (tertiary/aromatic N) is 10. The Labute approximate surface area is 113 Å². The molecule has 0 bridgehead atoms. The molecule has 2 heterocycles. The summed E-state index contributed by atoms with van der Waals surface area (Å²) in [6.45, 7) is 0. The monoisotopic (exact) mass is 295 g/mol. The Morgan fingerprint density at radius 1 is 1.52 bits per heavy atom. The Balaban J connectivity index is 2.33. The van der Waals surface area contributed by atoms with Crippen LogP contribution in [0.3, 0.4) is 0 Å². The molecule has 1 aromatic rings. The van der Waals surface area contributed by atoms with Crippen LogP contribution in [0.5, 0.6) is 0 Å². The number of rotatable bonds is 6. The second kappa shape index (κ2) is 5.25. The van der Waals surface area contributed by atoms with Crippen molar-refractivity contribution in [2.45, 2.75) is 18.2 Å². The van der Waals surface area contributed by atoms with Crippen molar-refractivity contribution in [2.24, 2.45) is 20.3 Å². The smallest absolute Gasteiger partial charge is 0.390 e. The largest absolute Gasteiger partial charge is 0.491 e. The summed E-state index contributed by atoms with van der Waals surface area (Å²) in [6.07, 6.45) is 0.370. The number of H-pyrrole nitrogens is 1. The Bertz CT molecular complexity index is 673. The first-order valence-corrected chi connectivity index (χ1v) is 5.19. The molecule has 108 valence electrons. The van der Waals surface area contributed by atoms with Crippen molar-refractivity contribution in [3.05, 3.63) is 36.5 Å². The van der Waals surface area contributed by atoms with Crippen LogP contribution >= 0.6 is 0 Å². The highest BCUT2D eigenvalue weighted by Crippen LogP contribution is 2.32.